The molecule has 0 aliphatic carbocycles. The van der Waals surface area contributed by atoms with Gasteiger partial charge in [0.25, 0.3) is 11.8 Å². The second kappa shape index (κ2) is 13.4. The molecule has 0 spiro atoms. The number of amides is 2. The van der Waals surface area contributed by atoms with E-state index in [0.29, 0.717) is 0 Å². The zero-order valence-electron chi connectivity index (χ0n) is 20.0. The molecule has 0 radical (unpaired) electrons. The molecule has 2 amide bonds. The third-order valence-electron chi connectivity index (χ3n) is 5.18. The van der Waals surface area contributed by atoms with E-state index < -0.39 is 47.9 Å². The van der Waals surface area contributed by atoms with Crippen LogP contribution in [0.5, 0.6) is 11.5 Å². The number of hydrogen-bond acceptors (Lipinski definition) is 9. The van der Waals surface area contributed by atoms with Crippen LogP contribution in [0.3, 0.4) is 0 Å². The Balaban J connectivity index is 1.93. The number of halogens is 2. The van der Waals surface area contributed by atoms with E-state index in [-0.39, 0.29) is 40.8 Å². The number of hydrogen-bond donors (Lipinski definition) is 5. The SMILES string of the molecule is COc1cccc(F)c1CN[C@@H](CN)C(=O)NO[C@H](C)C(=N)C(=O)N(O)Cc1c(F)cccc1OC. The first-order valence-corrected chi connectivity index (χ1v) is 10.7. The highest BCUT2D eigenvalue weighted by atomic mass is 19.1. The van der Waals surface area contributed by atoms with Gasteiger partial charge in [-0.15, -0.1) is 0 Å². The van der Waals surface area contributed by atoms with Crippen molar-refractivity contribution in [1.82, 2.24) is 15.9 Å². The van der Waals surface area contributed by atoms with Crippen molar-refractivity contribution in [3.05, 3.63) is 59.2 Å². The standard InChI is InChI=1S/C23H29F2N5O6/c1-13(21(27)23(32)30(33)12-15-17(25)7-5-9-20(15)35-3)36-29-22(31)18(10-26)28-11-14-16(24)6-4-8-19(14)34-2/h4-9,13,18,27-28,33H,10-12,26H2,1-3H3,(H,29,31)/t13-,18+/m1/s1. The molecule has 0 heterocycles. The first kappa shape index (κ1) is 28.6. The smallest absolute Gasteiger partial charge is 0.294 e. The van der Waals surface area contributed by atoms with Gasteiger partial charge >= 0.3 is 0 Å². The van der Waals surface area contributed by atoms with E-state index >= 15 is 0 Å². The van der Waals surface area contributed by atoms with Crippen LogP contribution in [0.1, 0.15) is 18.1 Å². The summed E-state index contributed by atoms with van der Waals surface area (Å²) in [5, 5.41) is 21.0. The van der Waals surface area contributed by atoms with Gasteiger partial charge in [0.1, 0.15) is 41.0 Å². The van der Waals surface area contributed by atoms with E-state index in [1.165, 1.54) is 45.4 Å². The Bertz CT molecular complexity index is 1090. The third kappa shape index (κ3) is 7.18. The number of nitrogens with two attached hydrogens (primary N) is 1. The van der Waals surface area contributed by atoms with Gasteiger partial charge in [0, 0.05) is 18.7 Å². The number of methoxy groups -OCH3 is 2. The Labute approximate surface area is 206 Å². The molecule has 0 aliphatic rings. The Hall–Kier alpha value is -3.65. The monoisotopic (exact) mass is 509 g/mol. The van der Waals surface area contributed by atoms with Crippen LogP contribution in [0.15, 0.2) is 36.4 Å². The summed E-state index contributed by atoms with van der Waals surface area (Å²) >= 11 is 0. The number of ether oxygens (including phenoxy) is 2. The molecule has 0 saturated heterocycles. The van der Waals surface area contributed by atoms with Crippen LogP contribution in [0, 0.1) is 17.0 Å². The predicted octanol–water partition coefficient (Wildman–Crippen LogP) is 1.27. The molecule has 196 valence electrons. The minimum atomic E-state index is -1.29. The molecular weight excluding hydrogens is 480 g/mol. The summed E-state index contributed by atoms with van der Waals surface area (Å²) in [5.74, 6) is -2.76. The second-order valence-electron chi connectivity index (χ2n) is 7.51. The van der Waals surface area contributed by atoms with E-state index in [0.717, 1.165) is 6.07 Å². The van der Waals surface area contributed by atoms with Crippen molar-refractivity contribution >= 4 is 17.5 Å². The Kier molecular flexibility index (Phi) is 10.7. The summed E-state index contributed by atoms with van der Waals surface area (Å²) in [6, 6.07) is 7.28. The minimum Gasteiger partial charge on any atom is -0.496 e. The van der Waals surface area contributed by atoms with Gasteiger partial charge in [-0.05, 0) is 31.2 Å². The summed E-state index contributed by atoms with van der Waals surface area (Å²) in [6.07, 6.45) is -1.29. The molecule has 2 aromatic rings. The molecule has 0 aliphatic heterocycles. The molecule has 11 nitrogen and oxygen atoms in total. The van der Waals surface area contributed by atoms with Gasteiger partial charge < -0.3 is 20.5 Å². The lowest BCUT2D eigenvalue weighted by Gasteiger charge is -2.21. The Morgan fingerprint density at radius 2 is 1.64 bits per heavy atom. The molecule has 2 aromatic carbocycles. The fraction of sp³-hybridized carbons (Fsp3) is 0.348. The lowest BCUT2D eigenvalue weighted by Crippen LogP contribution is -2.50. The number of hydroxylamine groups is 3. The average molecular weight is 510 g/mol. The first-order valence-electron chi connectivity index (χ1n) is 10.7. The number of nitrogens with zero attached hydrogens (tertiary/aromatic N) is 1. The van der Waals surface area contributed by atoms with Gasteiger partial charge in [0.15, 0.2) is 0 Å². The number of nitrogens with one attached hydrogen (secondary N) is 3. The molecule has 0 unspecified atom stereocenters. The lowest BCUT2D eigenvalue weighted by molar-refractivity contribution is -0.161. The van der Waals surface area contributed by atoms with Crippen LogP contribution in [0.2, 0.25) is 0 Å². The highest BCUT2D eigenvalue weighted by molar-refractivity contribution is 6.38. The van der Waals surface area contributed by atoms with E-state index in [1.807, 2.05) is 0 Å². The van der Waals surface area contributed by atoms with E-state index in [9.17, 15) is 23.6 Å². The molecule has 13 heteroatoms. The Morgan fingerprint density at radius 3 is 2.19 bits per heavy atom. The van der Waals surface area contributed by atoms with Gasteiger partial charge in [-0.2, -0.15) is 0 Å². The van der Waals surface area contributed by atoms with Crippen molar-refractivity contribution < 1.29 is 37.9 Å². The van der Waals surface area contributed by atoms with Crippen LogP contribution >= 0.6 is 0 Å². The van der Waals surface area contributed by atoms with Crippen LogP contribution in [0.25, 0.3) is 0 Å². The molecule has 0 aromatic heterocycles. The maximum Gasteiger partial charge on any atom is 0.294 e. The summed E-state index contributed by atoms with van der Waals surface area (Å²) in [6.45, 7) is 0.446. The molecule has 6 N–H and O–H groups in total. The molecule has 36 heavy (non-hydrogen) atoms. The quantitative estimate of drug-likeness (QED) is 0.153. The van der Waals surface area contributed by atoms with Gasteiger partial charge in [-0.25, -0.2) is 19.3 Å². The van der Waals surface area contributed by atoms with Crippen molar-refractivity contribution in [2.75, 3.05) is 20.8 Å². The largest absolute Gasteiger partial charge is 0.496 e. The summed E-state index contributed by atoms with van der Waals surface area (Å²) in [4.78, 5) is 29.9. The highest BCUT2D eigenvalue weighted by Crippen LogP contribution is 2.23. The number of carbonyl (C=O) groups excluding carboxylic acids is 2. The van der Waals surface area contributed by atoms with Crippen molar-refractivity contribution in [2.24, 2.45) is 5.73 Å². The van der Waals surface area contributed by atoms with Crippen LogP contribution < -0.4 is 26.0 Å². The van der Waals surface area contributed by atoms with Crippen molar-refractivity contribution in [3.8, 4) is 11.5 Å². The average Bonchev–Trinajstić information content (AvgIpc) is 2.88. The first-order chi connectivity index (χ1) is 17.1. The predicted molar refractivity (Wildman–Crippen MR) is 124 cm³/mol. The maximum atomic E-state index is 14.1. The van der Waals surface area contributed by atoms with E-state index in [4.69, 9.17) is 25.5 Å². The van der Waals surface area contributed by atoms with Gasteiger partial charge in [0.05, 0.1) is 26.3 Å². The molecule has 0 fully saturated rings. The maximum absolute atomic E-state index is 14.1. The highest BCUT2D eigenvalue weighted by Gasteiger charge is 2.26. The number of carbonyl (C=O) groups is 2. The third-order valence-corrected chi connectivity index (χ3v) is 5.18. The van der Waals surface area contributed by atoms with E-state index in [2.05, 4.69) is 10.8 Å². The fourth-order valence-electron chi connectivity index (χ4n) is 3.10. The van der Waals surface area contributed by atoms with Crippen LogP contribution in [-0.4, -0.2) is 60.7 Å². The van der Waals surface area contributed by atoms with Gasteiger partial charge in [-0.1, -0.05) is 12.1 Å². The Morgan fingerprint density at radius 1 is 1.08 bits per heavy atom. The summed E-state index contributed by atoms with van der Waals surface area (Å²) in [5.41, 5.74) is 7.10. The topological polar surface area (TPSA) is 159 Å². The summed E-state index contributed by atoms with van der Waals surface area (Å²) in [7, 11) is 2.69. The zero-order valence-corrected chi connectivity index (χ0v) is 20.0. The van der Waals surface area contributed by atoms with Crippen LogP contribution in [-0.2, 0) is 27.5 Å². The zero-order chi connectivity index (χ0) is 26.8. The molecule has 2 rings (SSSR count). The second-order valence-corrected chi connectivity index (χ2v) is 7.51. The number of benzene rings is 2. The minimum absolute atomic E-state index is 0.0754. The van der Waals surface area contributed by atoms with Gasteiger partial charge in [-0.3, -0.25) is 25.0 Å². The van der Waals surface area contributed by atoms with Gasteiger partial charge in [0.2, 0.25) is 0 Å². The van der Waals surface area contributed by atoms with Crippen molar-refractivity contribution in [3.63, 3.8) is 0 Å². The molecular formula is C23H29F2N5O6. The fourth-order valence-corrected chi connectivity index (χ4v) is 3.10. The van der Waals surface area contributed by atoms with E-state index in [1.54, 1.807) is 6.07 Å². The molecule has 2 atom stereocenters. The lowest BCUT2D eigenvalue weighted by atomic mass is 10.1. The normalized spacial score (nSPS) is 12.4. The molecule has 0 bridgehead atoms. The van der Waals surface area contributed by atoms with Crippen molar-refractivity contribution in [2.45, 2.75) is 32.2 Å². The molecule has 0 saturated carbocycles. The van der Waals surface area contributed by atoms with Crippen LogP contribution in [0.4, 0.5) is 8.78 Å². The van der Waals surface area contributed by atoms with Crippen molar-refractivity contribution in [1.29, 1.82) is 5.41 Å². The summed E-state index contributed by atoms with van der Waals surface area (Å²) < 4.78 is 38.3. The number of rotatable bonds is 13.